The van der Waals surface area contributed by atoms with Gasteiger partial charge < -0.3 is 15.1 Å². The maximum absolute atomic E-state index is 12.5. The molecule has 1 aromatic heterocycles. The molecule has 1 aliphatic rings. The smallest absolute Gasteiger partial charge is 0.272 e. The molecule has 0 bridgehead atoms. The average molecular weight is 338 g/mol. The summed E-state index contributed by atoms with van der Waals surface area (Å²) in [4.78, 5) is 30.9. The Morgan fingerprint density at radius 3 is 2.28 bits per heavy atom. The Morgan fingerprint density at radius 2 is 1.72 bits per heavy atom. The molecule has 0 aliphatic carbocycles. The van der Waals surface area contributed by atoms with E-state index in [0.717, 1.165) is 17.8 Å². The van der Waals surface area contributed by atoms with E-state index < -0.39 is 0 Å². The molecule has 1 N–H and O–H groups in total. The third-order valence-corrected chi connectivity index (χ3v) is 4.24. The van der Waals surface area contributed by atoms with Gasteiger partial charge in [-0.2, -0.15) is 0 Å². The van der Waals surface area contributed by atoms with Crippen LogP contribution in [0.3, 0.4) is 0 Å². The van der Waals surface area contributed by atoms with E-state index in [1.54, 1.807) is 22.1 Å². The first-order chi connectivity index (χ1) is 12.0. The van der Waals surface area contributed by atoms with Crippen LogP contribution in [0, 0.1) is 13.8 Å². The number of carbonyl (C=O) groups excluding carboxylic acids is 2. The second-order valence-corrected chi connectivity index (χ2v) is 6.37. The number of hydrogen-bond donors (Lipinski definition) is 1. The fourth-order valence-corrected chi connectivity index (χ4v) is 3.00. The zero-order valence-electron chi connectivity index (χ0n) is 14.5. The van der Waals surface area contributed by atoms with Crippen LogP contribution >= 0.6 is 0 Å². The molecule has 25 heavy (non-hydrogen) atoms. The zero-order valence-corrected chi connectivity index (χ0v) is 14.5. The van der Waals surface area contributed by atoms with Gasteiger partial charge in [-0.05, 0) is 49.2 Å². The first-order valence-corrected chi connectivity index (χ1v) is 8.35. The number of aromatic nitrogens is 1. The number of hydrogen-bond acceptors (Lipinski definition) is 4. The largest absolute Gasteiger partial charge is 0.354 e. The summed E-state index contributed by atoms with van der Waals surface area (Å²) in [7, 11) is 0. The predicted octanol–water partition coefficient (Wildman–Crippen LogP) is 2.36. The minimum absolute atomic E-state index is 0.0940. The summed E-state index contributed by atoms with van der Waals surface area (Å²) in [6.45, 7) is 6.35. The van der Waals surface area contributed by atoms with Crippen molar-refractivity contribution in [3.8, 4) is 0 Å². The Balaban J connectivity index is 1.65. The summed E-state index contributed by atoms with van der Waals surface area (Å²) in [6, 6.07) is 9.85. The molecule has 6 heteroatoms. The molecule has 1 aromatic carbocycles. The molecule has 3 rings (SSSR count). The van der Waals surface area contributed by atoms with Crippen LogP contribution in [0.25, 0.3) is 0 Å². The summed E-state index contributed by atoms with van der Waals surface area (Å²) < 4.78 is 0. The Labute approximate surface area is 147 Å². The van der Waals surface area contributed by atoms with Crippen LogP contribution in [0.1, 0.15) is 21.6 Å². The SMILES string of the molecule is Cc1cc(C)cc(Nc2ccc(C(=O)N3CCN(C=O)CC3)nc2)c1. The lowest BCUT2D eigenvalue weighted by molar-refractivity contribution is -0.119. The van der Waals surface area contributed by atoms with Gasteiger partial charge in [0.1, 0.15) is 5.69 Å². The third-order valence-electron chi connectivity index (χ3n) is 4.24. The molecule has 1 saturated heterocycles. The van der Waals surface area contributed by atoms with Gasteiger partial charge in [-0.1, -0.05) is 6.07 Å². The van der Waals surface area contributed by atoms with Gasteiger partial charge in [-0.15, -0.1) is 0 Å². The molecule has 0 spiro atoms. The first-order valence-electron chi connectivity index (χ1n) is 8.35. The Bertz CT molecular complexity index is 745. The lowest BCUT2D eigenvalue weighted by atomic mass is 10.1. The standard InChI is InChI=1S/C19H22N4O2/c1-14-9-15(2)11-17(10-14)21-16-3-4-18(20-12-16)19(25)23-7-5-22(13-24)6-8-23/h3-4,9-13,21H,5-8H2,1-2H3. The molecule has 0 unspecified atom stereocenters. The van der Waals surface area contributed by atoms with Gasteiger partial charge in [-0.25, -0.2) is 4.98 Å². The highest BCUT2D eigenvalue weighted by molar-refractivity contribution is 5.92. The second-order valence-electron chi connectivity index (χ2n) is 6.37. The van der Waals surface area contributed by atoms with E-state index in [1.165, 1.54) is 11.1 Å². The Hall–Kier alpha value is -2.89. The second kappa shape index (κ2) is 7.34. The minimum atomic E-state index is -0.0940. The number of nitrogens with one attached hydrogen (secondary N) is 1. The molecule has 1 aliphatic heterocycles. The van der Waals surface area contributed by atoms with Gasteiger partial charge in [0.25, 0.3) is 5.91 Å². The highest BCUT2D eigenvalue weighted by Crippen LogP contribution is 2.19. The van der Waals surface area contributed by atoms with Crippen molar-refractivity contribution in [2.45, 2.75) is 13.8 Å². The van der Waals surface area contributed by atoms with Gasteiger partial charge in [0.05, 0.1) is 11.9 Å². The number of piperazine rings is 1. The number of nitrogens with zero attached hydrogens (tertiary/aromatic N) is 3. The molecule has 0 radical (unpaired) electrons. The van der Waals surface area contributed by atoms with Crippen molar-refractivity contribution in [3.63, 3.8) is 0 Å². The molecule has 2 amide bonds. The Kier molecular flexibility index (Phi) is 4.97. The number of benzene rings is 1. The molecule has 0 saturated carbocycles. The highest BCUT2D eigenvalue weighted by Gasteiger charge is 2.22. The summed E-state index contributed by atoms with van der Waals surface area (Å²) in [5.41, 5.74) is 4.65. The number of aryl methyl sites for hydroxylation is 2. The quantitative estimate of drug-likeness (QED) is 0.869. The predicted molar refractivity (Wildman–Crippen MR) is 97.0 cm³/mol. The minimum Gasteiger partial charge on any atom is -0.354 e. The van der Waals surface area contributed by atoms with E-state index in [4.69, 9.17) is 0 Å². The monoisotopic (exact) mass is 338 g/mol. The average Bonchev–Trinajstić information content (AvgIpc) is 2.61. The van der Waals surface area contributed by atoms with Crippen LogP contribution < -0.4 is 5.32 Å². The molecular weight excluding hydrogens is 316 g/mol. The number of rotatable bonds is 4. The van der Waals surface area contributed by atoms with Crippen LogP contribution in [0.5, 0.6) is 0 Å². The first kappa shape index (κ1) is 17.0. The number of pyridine rings is 1. The third kappa shape index (κ3) is 4.15. The number of carbonyl (C=O) groups is 2. The van der Waals surface area contributed by atoms with Crippen LogP contribution in [-0.2, 0) is 4.79 Å². The van der Waals surface area contributed by atoms with Gasteiger partial charge in [0, 0.05) is 31.9 Å². The van der Waals surface area contributed by atoms with Crippen molar-refractivity contribution in [1.29, 1.82) is 0 Å². The van der Waals surface area contributed by atoms with E-state index in [2.05, 4.69) is 42.3 Å². The van der Waals surface area contributed by atoms with Crippen LogP contribution in [0.4, 0.5) is 11.4 Å². The maximum Gasteiger partial charge on any atom is 0.272 e. The van der Waals surface area contributed by atoms with Crippen LogP contribution in [0.15, 0.2) is 36.5 Å². The fraction of sp³-hybridized carbons (Fsp3) is 0.316. The molecule has 130 valence electrons. The topological polar surface area (TPSA) is 65.5 Å². The van der Waals surface area contributed by atoms with Gasteiger partial charge in [-0.3, -0.25) is 9.59 Å². The molecule has 2 heterocycles. The van der Waals surface area contributed by atoms with Crippen molar-refractivity contribution in [3.05, 3.63) is 53.3 Å². The normalized spacial score (nSPS) is 14.3. The van der Waals surface area contributed by atoms with Crippen molar-refractivity contribution in [2.24, 2.45) is 0 Å². The molecule has 6 nitrogen and oxygen atoms in total. The van der Waals surface area contributed by atoms with Gasteiger partial charge >= 0.3 is 0 Å². The van der Waals surface area contributed by atoms with Crippen molar-refractivity contribution < 1.29 is 9.59 Å². The van der Waals surface area contributed by atoms with E-state index in [-0.39, 0.29) is 5.91 Å². The van der Waals surface area contributed by atoms with Gasteiger partial charge in [0.15, 0.2) is 0 Å². The summed E-state index contributed by atoms with van der Waals surface area (Å²) in [5.74, 6) is -0.0940. The molecular formula is C19H22N4O2. The van der Waals surface area contributed by atoms with Crippen LogP contribution in [-0.4, -0.2) is 53.3 Å². The number of amides is 2. The maximum atomic E-state index is 12.5. The summed E-state index contributed by atoms with van der Waals surface area (Å²) in [6.07, 6.45) is 2.50. The highest BCUT2D eigenvalue weighted by atomic mass is 16.2. The lowest BCUT2D eigenvalue weighted by Crippen LogP contribution is -2.48. The summed E-state index contributed by atoms with van der Waals surface area (Å²) in [5, 5.41) is 3.31. The van der Waals surface area contributed by atoms with E-state index >= 15 is 0 Å². The fourth-order valence-electron chi connectivity index (χ4n) is 3.00. The summed E-state index contributed by atoms with van der Waals surface area (Å²) >= 11 is 0. The number of anilines is 2. The van der Waals surface area contributed by atoms with Crippen molar-refractivity contribution in [1.82, 2.24) is 14.8 Å². The zero-order chi connectivity index (χ0) is 17.8. The van der Waals surface area contributed by atoms with Crippen molar-refractivity contribution >= 4 is 23.7 Å². The van der Waals surface area contributed by atoms with Crippen molar-refractivity contribution in [2.75, 3.05) is 31.5 Å². The van der Waals surface area contributed by atoms with Crippen LogP contribution in [0.2, 0.25) is 0 Å². The molecule has 1 fully saturated rings. The Morgan fingerprint density at radius 1 is 1.04 bits per heavy atom. The van der Waals surface area contributed by atoms with E-state index in [1.807, 2.05) is 6.07 Å². The van der Waals surface area contributed by atoms with E-state index in [0.29, 0.717) is 31.9 Å². The van der Waals surface area contributed by atoms with E-state index in [9.17, 15) is 9.59 Å². The lowest BCUT2D eigenvalue weighted by Gasteiger charge is -2.32. The molecule has 2 aromatic rings. The molecule has 0 atom stereocenters. The van der Waals surface area contributed by atoms with Gasteiger partial charge in [0.2, 0.25) is 6.41 Å².